The Balaban J connectivity index is 1.48. The molecule has 4 rings (SSSR count). The minimum absolute atomic E-state index is 0.107. The lowest BCUT2D eigenvalue weighted by Gasteiger charge is -2.10. The molecule has 2 aromatic carbocycles. The molecule has 0 saturated carbocycles. The predicted octanol–water partition coefficient (Wildman–Crippen LogP) is 3.57. The second kappa shape index (κ2) is 10.1. The number of thioether (sulfide) groups is 1. The lowest BCUT2D eigenvalue weighted by Crippen LogP contribution is -2.19. The van der Waals surface area contributed by atoms with Crippen LogP contribution in [-0.4, -0.2) is 37.7 Å². The molecule has 0 bridgehead atoms. The fraction of sp³-hybridized carbons (Fsp3) is 0.130. The van der Waals surface area contributed by atoms with Gasteiger partial charge in [-0.3, -0.25) is 9.36 Å². The number of aryl methyl sites for hydroxylation is 1. The van der Waals surface area contributed by atoms with E-state index in [0.29, 0.717) is 22.5 Å². The van der Waals surface area contributed by atoms with E-state index in [1.165, 1.54) is 18.0 Å². The molecule has 0 atom stereocenters. The summed E-state index contributed by atoms with van der Waals surface area (Å²) in [5.74, 6) is 1.39. The summed E-state index contributed by atoms with van der Waals surface area (Å²) >= 11 is 1.27. The van der Waals surface area contributed by atoms with Gasteiger partial charge in [0, 0.05) is 11.3 Å². The number of benzene rings is 2. The highest BCUT2D eigenvalue weighted by Gasteiger charge is 2.17. The summed E-state index contributed by atoms with van der Waals surface area (Å²) in [7, 11) is 0. The Hall–Kier alpha value is -3.69. The Morgan fingerprint density at radius 1 is 1.12 bits per heavy atom. The molecule has 8 nitrogen and oxygen atoms in total. The van der Waals surface area contributed by atoms with Gasteiger partial charge in [-0.2, -0.15) is 5.10 Å². The number of aliphatic hydroxyl groups is 1. The second-order valence-corrected chi connectivity index (χ2v) is 7.83. The SMILES string of the molecule is Cc1ccc(-c2nnc(SCC(=O)N/N=C/c3ccc(CO)o3)n2-c2ccccc2)cc1. The van der Waals surface area contributed by atoms with Crippen LogP contribution in [0.1, 0.15) is 17.1 Å². The molecule has 2 heterocycles. The van der Waals surface area contributed by atoms with Crippen molar-refractivity contribution in [1.29, 1.82) is 0 Å². The van der Waals surface area contributed by atoms with Crippen molar-refractivity contribution in [3.63, 3.8) is 0 Å². The molecule has 162 valence electrons. The number of aromatic nitrogens is 3. The molecule has 2 N–H and O–H groups in total. The van der Waals surface area contributed by atoms with Gasteiger partial charge in [-0.05, 0) is 31.2 Å². The van der Waals surface area contributed by atoms with Gasteiger partial charge in [0.2, 0.25) is 0 Å². The zero-order chi connectivity index (χ0) is 22.3. The maximum atomic E-state index is 12.3. The van der Waals surface area contributed by atoms with E-state index in [4.69, 9.17) is 9.52 Å². The Kier molecular flexibility index (Phi) is 6.78. The summed E-state index contributed by atoms with van der Waals surface area (Å²) in [4.78, 5) is 12.3. The minimum Gasteiger partial charge on any atom is -0.458 e. The molecule has 0 unspecified atom stereocenters. The number of rotatable bonds is 8. The van der Waals surface area contributed by atoms with E-state index in [-0.39, 0.29) is 18.3 Å². The van der Waals surface area contributed by atoms with Crippen LogP contribution in [0.5, 0.6) is 0 Å². The largest absolute Gasteiger partial charge is 0.458 e. The maximum Gasteiger partial charge on any atom is 0.250 e. The Bertz CT molecular complexity index is 1220. The standard InChI is InChI=1S/C23H21N5O3S/c1-16-7-9-17(10-8-16)22-26-27-23(28(22)18-5-3-2-4-6-18)32-15-21(30)25-24-13-19-11-12-20(14-29)31-19/h2-13,29H,14-15H2,1H3,(H,25,30)/b24-13+. The number of amides is 1. The number of nitrogens with zero attached hydrogens (tertiary/aromatic N) is 4. The number of carbonyl (C=O) groups is 1. The molecular weight excluding hydrogens is 426 g/mol. The number of hydrazone groups is 1. The van der Waals surface area contributed by atoms with Crippen LogP contribution >= 0.6 is 11.8 Å². The van der Waals surface area contributed by atoms with Crippen LogP contribution in [0.2, 0.25) is 0 Å². The van der Waals surface area contributed by atoms with Crippen LogP contribution in [0.15, 0.2) is 81.4 Å². The molecule has 0 aliphatic heterocycles. The summed E-state index contributed by atoms with van der Waals surface area (Å²) in [6, 6.07) is 21.1. The van der Waals surface area contributed by atoms with Gasteiger partial charge in [0.25, 0.3) is 5.91 Å². The number of hydrogen-bond donors (Lipinski definition) is 2. The van der Waals surface area contributed by atoms with Gasteiger partial charge in [0.1, 0.15) is 18.1 Å². The van der Waals surface area contributed by atoms with Crippen molar-refractivity contribution in [3.8, 4) is 17.1 Å². The van der Waals surface area contributed by atoms with E-state index < -0.39 is 0 Å². The molecular formula is C23H21N5O3S. The summed E-state index contributed by atoms with van der Waals surface area (Å²) in [5, 5.41) is 22.2. The van der Waals surface area contributed by atoms with Crippen LogP contribution in [0.4, 0.5) is 0 Å². The molecule has 1 amide bonds. The van der Waals surface area contributed by atoms with Gasteiger partial charge in [0.15, 0.2) is 11.0 Å². The molecule has 0 radical (unpaired) electrons. The first-order chi connectivity index (χ1) is 15.6. The minimum atomic E-state index is -0.292. The number of furan rings is 1. The van der Waals surface area contributed by atoms with Gasteiger partial charge < -0.3 is 9.52 Å². The zero-order valence-corrected chi connectivity index (χ0v) is 18.1. The van der Waals surface area contributed by atoms with Gasteiger partial charge in [-0.15, -0.1) is 10.2 Å². The van der Waals surface area contributed by atoms with Crippen LogP contribution < -0.4 is 5.43 Å². The first kappa shape index (κ1) is 21.5. The molecule has 0 fully saturated rings. The first-order valence-corrected chi connectivity index (χ1v) is 10.8. The Morgan fingerprint density at radius 3 is 2.62 bits per heavy atom. The van der Waals surface area contributed by atoms with Crippen molar-refractivity contribution in [2.45, 2.75) is 18.7 Å². The highest BCUT2D eigenvalue weighted by Crippen LogP contribution is 2.28. The van der Waals surface area contributed by atoms with Gasteiger partial charge in [-0.25, -0.2) is 5.43 Å². The van der Waals surface area contributed by atoms with E-state index in [1.54, 1.807) is 12.1 Å². The monoisotopic (exact) mass is 447 g/mol. The highest BCUT2D eigenvalue weighted by atomic mass is 32.2. The van der Waals surface area contributed by atoms with E-state index >= 15 is 0 Å². The predicted molar refractivity (Wildman–Crippen MR) is 123 cm³/mol. The van der Waals surface area contributed by atoms with Crippen LogP contribution in [-0.2, 0) is 11.4 Å². The van der Waals surface area contributed by atoms with Gasteiger partial charge in [-0.1, -0.05) is 59.8 Å². The summed E-state index contributed by atoms with van der Waals surface area (Å²) in [6.07, 6.45) is 1.38. The highest BCUT2D eigenvalue weighted by molar-refractivity contribution is 7.99. The third-order valence-electron chi connectivity index (χ3n) is 4.51. The normalized spacial score (nSPS) is 11.2. The van der Waals surface area contributed by atoms with Crippen molar-refractivity contribution < 1.29 is 14.3 Å². The van der Waals surface area contributed by atoms with E-state index in [0.717, 1.165) is 16.8 Å². The molecule has 32 heavy (non-hydrogen) atoms. The maximum absolute atomic E-state index is 12.3. The first-order valence-electron chi connectivity index (χ1n) is 9.86. The lowest BCUT2D eigenvalue weighted by molar-refractivity contribution is -0.118. The Morgan fingerprint density at radius 2 is 1.91 bits per heavy atom. The fourth-order valence-electron chi connectivity index (χ4n) is 2.94. The van der Waals surface area contributed by atoms with Crippen molar-refractivity contribution in [1.82, 2.24) is 20.2 Å². The second-order valence-electron chi connectivity index (χ2n) is 6.89. The van der Waals surface area contributed by atoms with Gasteiger partial charge in [0.05, 0.1) is 12.0 Å². The average Bonchev–Trinajstić information content (AvgIpc) is 3.46. The molecule has 2 aromatic heterocycles. The molecule has 0 spiro atoms. The van der Waals surface area contributed by atoms with Crippen LogP contribution in [0.25, 0.3) is 17.1 Å². The number of carbonyl (C=O) groups excluding carboxylic acids is 1. The van der Waals surface area contributed by atoms with Crippen molar-refractivity contribution in [3.05, 3.63) is 83.8 Å². The van der Waals surface area contributed by atoms with Gasteiger partial charge >= 0.3 is 0 Å². The topological polar surface area (TPSA) is 106 Å². The molecule has 0 aliphatic carbocycles. The van der Waals surface area contributed by atoms with Crippen molar-refractivity contribution in [2.75, 3.05) is 5.75 Å². The number of para-hydroxylation sites is 1. The number of nitrogens with one attached hydrogen (secondary N) is 1. The summed E-state index contributed by atoms with van der Waals surface area (Å²) in [6.45, 7) is 1.84. The fourth-order valence-corrected chi connectivity index (χ4v) is 3.69. The number of aliphatic hydroxyl groups excluding tert-OH is 1. The smallest absolute Gasteiger partial charge is 0.250 e. The average molecular weight is 448 g/mol. The van der Waals surface area contributed by atoms with E-state index in [2.05, 4.69) is 20.7 Å². The molecule has 0 aliphatic rings. The quantitative estimate of drug-likeness (QED) is 0.243. The third-order valence-corrected chi connectivity index (χ3v) is 5.44. The number of hydrogen-bond acceptors (Lipinski definition) is 7. The lowest BCUT2D eigenvalue weighted by atomic mass is 10.1. The van der Waals surface area contributed by atoms with Crippen molar-refractivity contribution in [2.24, 2.45) is 5.10 Å². The molecule has 4 aromatic rings. The zero-order valence-electron chi connectivity index (χ0n) is 17.3. The van der Waals surface area contributed by atoms with Crippen molar-refractivity contribution >= 4 is 23.9 Å². The molecule has 0 saturated heterocycles. The van der Waals surface area contributed by atoms with Crippen LogP contribution in [0, 0.1) is 6.92 Å². The van der Waals surface area contributed by atoms with Crippen LogP contribution in [0.3, 0.4) is 0 Å². The van der Waals surface area contributed by atoms with E-state index in [9.17, 15) is 4.79 Å². The molecule has 9 heteroatoms. The summed E-state index contributed by atoms with van der Waals surface area (Å²) < 4.78 is 7.22. The summed E-state index contributed by atoms with van der Waals surface area (Å²) in [5.41, 5.74) is 5.47. The third kappa shape index (κ3) is 5.13. The Labute approximate surface area is 189 Å². The van der Waals surface area contributed by atoms with E-state index in [1.807, 2.05) is 66.1 Å².